The number of carbonyl (C=O) groups is 1. The van der Waals surface area contributed by atoms with Gasteiger partial charge in [-0.2, -0.15) is 0 Å². The minimum absolute atomic E-state index is 0.00894. The van der Waals surface area contributed by atoms with Gasteiger partial charge in [0.2, 0.25) is 0 Å². The van der Waals surface area contributed by atoms with Gasteiger partial charge in [-0.15, -0.1) is 10.2 Å². The van der Waals surface area contributed by atoms with Gasteiger partial charge in [-0.3, -0.25) is 4.79 Å². The third-order valence-corrected chi connectivity index (χ3v) is 5.02. The number of aromatic nitrogens is 3. The Labute approximate surface area is 161 Å². The lowest BCUT2D eigenvalue weighted by molar-refractivity contribution is 0.102. The monoisotopic (exact) mass is 384 g/mol. The molecule has 0 bridgehead atoms. The molecule has 0 aliphatic carbocycles. The van der Waals surface area contributed by atoms with E-state index in [1.807, 2.05) is 0 Å². The predicted octanol–water partition coefficient (Wildman–Crippen LogP) is 4.72. The zero-order valence-corrected chi connectivity index (χ0v) is 15.3. The zero-order valence-electron chi connectivity index (χ0n) is 14.6. The van der Waals surface area contributed by atoms with E-state index in [0.717, 1.165) is 38.1 Å². The van der Waals surface area contributed by atoms with Crippen molar-refractivity contribution in [2.75, 3.05) is 5.32 Å². The lowest BCUT2D eigenvalue weighted by Gasteiger charge is -2.11. The summed E-state index contributed by atoms with van der Waals surface area (Å²) in [5, 5.41) is 11.9. The fraction of sp³-hybridized carbons (Fsp3) is 0.250. The van der Waals surface area contributed by atoms with Gasteiger partial charge in [-0.25, -0.2) is 4.39 Å². The highest BCUT2D eigenvalue weighted by Gasteiger charge is 2.19. The summed E-state index contributed by atoms with van der Waals surface area (Å²) in [5.41, 5.74) is 1.21. The molecule has 27 heavy (non-hydrogen) atoms. The Morgan fingerprint density at radius 2 is 1.96 bits per heavy atom. The van der Waals surface area contributed by atoms with Crippen molar-refractivity contribution in [3.05, 3.63) is 64.7 Å². The number of aryl methyl sites for hydroxylation is 1. The number of hydrogen-bond donors (Lipinski definition) is 1. The Morgan fingerprint density at radius 1 is 1.11 bits per heavy atom. The summed E-state index contributed by atoms with van der Waals surface area (Å²) >= 11 is 6.40. The van der Waals surface area contributed by atoms with E-state index >= 15 is 0 Å². The standard InChI is InChI=1S/C20H18ClFN4O/c21-16-10-9-13(23-20(27)14-6-3-4-7-17(14)22)12-15(16)19-25-24-18-8-2-1-5-11-26(18)19/h3-4,6-7,9-10,12H,1-2,5,8,11H2,(H,23,27). The van der Waals surface area contributed by atoms with Crippen molar-refractivity contribution in [1.29, 1.82) is 0 Å². The van der Waals surface area contributed by atoms with Crippen LogP contribution in [0.15, 0.2) is 42.5 Å². The highest BCUT2D eigenvalue weighted by molar-refractivity contribution is 6.33. The zero-order chi connectivity index (χ0) is 18.8. The summed E-state index contributed by atoms with van der Waals surface area (Å²) in [7, 11) is 0. The number of carbonyl (C=O) groups excluding carboxylic acids is 1. The van der Waals surface area contributed by atoms with Crippen LogP contribution < -0.4 is 5.32 Å². The second kappa shape index (κ2) is 7.48. The average Bonchev–Trinajstić information content (AvgIpc) is 2.91. The van der Waals surface area contributed by atoms with Crippen LogP contribution in [0.4, 0.5) is 10.1 Å². The molecule has 138 valence electrons. The van der Waals surface area contributed by atoms with Gasteiger partial charge in [-0.1, -0.05) is 30.2 Å². The summed E-state index contributed by atoms with van der Waals surface area (Å²) in [6, 6.07) is 11.0. The third-order valence-electron chi connectivity index (χ3n) is 4.69. The number of nitrogens with zero attached hydrogens (tertiary/aromatic N) is 3. The molecule has 3 aromatic rings. The summed E-state index contributed by atoms with van der Waals surface area (Å²) in [6.45, 7) is 0.847. The van der Waals surface area contributed by atoms with Gasteiger partial charge in [0.15, 0.2) is 5.82 Å². The van der Waals surface area contributed by atoms with Crippen molar-refractivity contribution in [3.8, 4) is 11.4 Å². The average molecular weight is 385 g/mol. The van der Waals surface area contributed by atoms with Crippen LogP contribution >= 0.6 is 11.6 Å². The molecule has 0 saturated heterocycles. The number of benzene rings is 2. The van der Waals surface area contributed by atoms with Gasteiger partial charge in [0, 0.05) is 24.2 Å². The maximum Gasteiger partial charge on any atom is 0.258 e. The van der Waals surface area contributed by atoms with Crippen LogP contribution in [0.25, 0.3) is 11.4 Å². The van der Waals surface area contributed by atoms with Gasteiger partial charge in [0.25, 0.3) is 5.91 Å². The van der Waals surface area contributed by atoms with E-state index < -0.39 is 11.7 Å². The second-order valence-electron chi connectivity index (χ2n) is 6.53. The first-order valence-electron chi connectivity index (χ1n) is 8.91. The third kappa shape index (κ3) is 3.57. The number of hydrogen-bond acceptors (Lipinski definition) is 3. The molecule has 0 unspecified atom stereocenters. The number of fused-ring (bicyclic) bond motifs is 1. The van der Waals surface area contributed by atoms with E-state index in [9.17, 15) is 9.18 Å². The minimum Gasteiger partial charge on any atom is -0.322 e. The molecular weight excluding hydrogens is 367 g/mol. The number of rotatable bonds is 3. The summed E-state index contributed by atoms with van der Waals surface area (Å²) in [6.07, 6.45) is 4.23. The Bertz CT molecular complexity index is 1000. The van der Waals surface area contributed by atoms with Crippen LogP contribution in [0.3, 0.4) is 0 Å². The van der Waals surface area contributed by atoms with Crippen molar-refractivity contribution < 1.29 is 9.18 Å². The molecular formula is C20H18ClFN4O. The van der Waals surface area contributed by atoms with Crippen molar-refractivity contribution in [1.82, 2.24) is 14.8 Å². The molecule has 5 nitrogen and oxygen atoms in total. The van der Waals surface area contributed by atoms with E-state index in [1.165, 1.54) is 12.1 Å². The molecule has 0 atom stereocenters. The minimum atomic E-state index is -0.563. The van der Waals surface area contributed by atoms with Gasteiger partial charge < -0.3 is 9.88 Å². The highest BCUT2D eigenvalue weighted by atomic mass is 35.5. The van der Waals surface area contributed by atoms with Gasteiger partial charge >= 0.3 is 0 Å². The summed E-state index contributed by atoms with van der Waals surface area (Å²) in [5.74, 6) is 0.576. The van der Waals surface area contributed by atoms with E-state index in [4.69, 9.17) is 11.6 Å². The van der Waals surface area contributed by atoms with Crippen molar-refractivity contribution in [2.24, 2.45) is 0 Å². The predicted molar refractivity (Wildman–Crippen MR) is 102 cm³/mol. The molecule has 2 aromatic carbocycles. The molecule has 0 radical (unpaired) electrons. The maximum absolute atomic E-state index is 13.8. The molecule has 1 aliphatic rings. The van der Waals surface area contributed by atoms with Gasteiger partial charge in [0.05, 0.1) is 10.6 Å². The highest BCUT2D eigenvalue weighted by Crippen LogP contribution is 2.31. The fourth-order valence-electron chi connectivity index (χ4n) is 3.30. The normalized spacial score (nSPS) is 13.7. The first kappa shape index (κ1) is 17.7. The van der Waals surface area contributed by atoms with Crippen LogP contribution in [-0.2, 0) is 13.0 Å². The molecule has 0 saturated carbocycles. The fourth-order valence-corrected chi connectivity index (χ4v) is 3.50. The second-order valence-corrected chi connectivity index (χ2v) is 6.94. The largest absolute Gasteiger partial charge is 0.322 e. The molecule has 0 fully saturated rings. The molecule has 0 spiro atoms. The molecule has 1 amide bonds. The first-order valence-corrected chi connectivity index (χ1v) is 9.29. The van der Waals surface area contributed by atoms with Gasteiger partial charge in [0.1, 0.15) is 11.6 Å². The van der Waals surface area contributed by atoms with Crippen LogP contribution in [0, 0.1) is 5.82 Å². The van der Waals surface area contributed by atoms with E-state index in [0.29, 0.717) is 22.1 Å². The molecule has 2 heterocycles. The van der Waals surface area contributed by atoms with Crippen LogP contribution in [0.5, 0.6) is 0 Å². The smallest absolute Gasteiger partial charge is 0.258 e. The molecule has 1 aliphatic heterocycles. The Balaban J connectivity index is 1.66. The number of anilines is 1. The van der Waals surface area contributed by atoms with Crippen LogP contribution in [-0.4, -0.2) is 20.7 Å². The van der Waals surface area contributed by atoms with Crippen LogP contribution in [0.2, 0.25) is 5.02 Å². The molecule has 7 heteroatoms. The van der Waals surface area contributed by atoms with Crippen molar-refractivity contribution in [3.63, 3.8) is 0 Å². The van der Waals surface area contributed by atoms with Crippen molar-refractivity contribution >= 4 is 23.2 Å². The van der Waals surface area contributed by atoms with Crippen molar-refractivity contribution in [2.45, 2.75) is 32.2 Å². The van der Waals surface area contributed by atoms with Gasteiger partial charge in [-0.05, 0) is 43.2 Å². The number of nitrogens with one attached hydrogen (secondary N) is 1. The molecule has 1 N–H and O–H groups in total. The maximum atomic E-state index is 13.8. The van der Waals surface area contributed by atoms with E-state index in [1.54, 1.807) is 30.3 Å². The van der Waals surface area contributed by atoms with E-state index in [2.05, 4.69) is 20.1 Å². The number of amides is 1. The summed E-state index contributed by atoms with van der Waals surface area (Å²) in [4.78, 5) is 12.4. The Morgan fingerprint density at radius 3 is 2.81 bits per heavy atom. The SMILES string of the molecule is O=C(Nc1ccc(Cl)c(-c2nnc3n2CCCCC3)c1)c1ccccc1F. The molecule has 1 aromatic heterocycles. The Hall–Kier alpha value is -2.73. The lowest BCUT2D eigenvalue weighted by atomic mass is 10.1. The van der Waals surface area contributed by atoms with E-state index in [-0.39, 0.29) is 5.56 Å². The van der Waals surface area contributed by atoms with Crippen LogP contribution in [0.1, 0.15) is 35.4 Å². The lowest BCUT2D eigenvalue weighted by Crippen LogP contribution is -2.13. The summed E-state index contributed by atoms with van der Waals surface area (Å²) < 4.78 is 15.9. The first-order chi connectivity index (χ1) is 13.1. The topological polar surface area (TPSA) is 59.8 Å². The molecule has 4 rings (SSSR count). The quantitative estimate of drug-likeness (QED) is 0.711. The number of halogens is 2. The Kier molecular flexibility index (Phi) is 4.90.